The summed E-state index contributed by atoms with van der Waals surface area (Å²) in [6.07, 6.45) is 5.19. The van der Waals surface area contributed by atoms with E-state index in [0.717, 1.165) is 18.7 Å². The fourth-order valence-electron chi connectivity index (χ4n) is 0.674. The first-order chi connectivity index (χ1) is 4.43. The Kier molecular flexibility index (Phi) is 2.01. The maximum absolute atomic E-state index is 9.86. The molecule has 0 aromatic heterocycles. The van der Waals surface area contributed by atoms with Gasteiger partial charge in [0.15, 0.2) is 0 Å². The summed E-state index contributed by atoms with van der Waals surface area (Å²) in [4.78, 5) is 13.8. The third kappa shape index (κ3) is 1.68. The second-order valence-corrected chi connectivity index (χ2v) is 1.75. The number of dihydropyridines is 1. The van der Waals surface area contributed by atoms with Crippen molar-refractivity contribution in [2.24, 2.45) is 4.99 Å². The number of carbonyl (C=O) groups excluding carboxylic acids is 1. The van der Waals surface area contributed by atoms with Crippen LogP contribution in [0.1, 0.15) is 6.42 Å². The van der Waals surface area contributed by atoms with Crippen LogP contribution in [0.2, 0.25) is 0 Å². The molecule has 1 aliphatic heterocycles. The average Bonchev–Trinajstić information content (AvgIpc) is 1.91. The molecule has 1 rings (SSSR count). The minimum absolute atomic E-state index is 0.656. The van der Waals surface area contributed by atoms with E-state index in [0.29, 0.717) is 6.41 Å². The van der Waals surface area contributed by atoms with Crippen molar-refractivity contribution in [2.45, 2.75) is 6.42 Å². The molecule has 1 aliphatic rings. The van der Waals surface area contributed by atoms with Gasteiger partial charge >= 0.3 is 0 Å². The molecule has 1 amide bonds. The number of nitrogens with zero attached hydrogens (tertiary/aromatic N) is 1. The summed E-state index contributed by atoms with van der Waals surface area (Å²) in [5.41, 5.74) is 0.802. The number of rotatable bonds is 2. The normalized spacial score (nSPS) is 16.7. The largest absolute Gasteiger partial charge is 0.328 e. The fourth-order valence-corrected chi connectivity index (χ4v) is 0.674. The third-order valence-electron chi connectivity index (χ3n) is 1.08. The molecule has 0 radical (unpaired) electrons. The Morgan fingerprint density at radius 3 is 3.22 bits per heavy atom. The summed E-state index contributed by atoms with van der Waals surface area (Å²) in [7, 11) is 0. The summed E-state index contributed by atoms with van der Waals surface area (Å²) in [6, 6.07) is 0. The van der Waals surface area contributed by atoms with Gasteiger partial charge in [0.1, 0.15) is 0 Å². The zero-order valence-corrected chi connectivity index (χ0v) is 5.00. The molecule has 48 valence electrons. The van der Waals surface area contributed by atoms with Crippen LogP contribution in [-0.4, -0.2) is 19.2 Å². The van der Waals surface area contributed by atoms with Crippen LogP contribution in [0.5, 0.6) is 0 Å². The first-order valence-electron chi connectivity index (χ1n) is 2.83. The lowest BCUT2D eigenvalue weighted by Gasteiger charge is -2.02. The molecule has 0 unspecified atom stereocenters. The first-order valence-corrected chi connectivity index (χ1v) is 2.83. The molecule has 0 spiro atoms. The van der Waals surface area contributed by atoms with Crippen molar-refractivity contribution in [3.63, 3.8) is 0 Å². The Morgan fingerprint density at radius 1 is 1.78 bits per heavy atom. The lowest BCUT2D eigenvalue weighted by molar-refractivity contribution is -0.108. The SMILES string of the molecule is O=CNC1=CCCN=C1. The number of aliphatic imine (C=N–C) groups is 1. The highest BCUT2D eigenvalue weighted by Gasteiger charge is 1.93. The summed E-state index contributed by atoms with van der Waals surface area (Å²) in [5, 5.41) is 2.52. The van der Waals surface area contributed by atoms with Crippen LogP contribution in [0.4, 0.5) is 0 Å². The minimum atomic E-state index is 0.656. The molecule has 0 aliphatic carbocycles. The molecule has 0 fully saturated rings. The van der Waals surface area contributed by atoms with Crippen LogP contribution in [0.25, 0.3) is 0 Å². The van der Waals surface area contributed by atoms with Crippen molar-refractivity contribution < 1.29 is 4.79 Å². The first kappa shape index (κ1) is 6.01. The van der Waals surface area contributed by atoms with Crippen molar-refractivity contribution in [1.82, 2.24) is 5.32 Å². The van der Waals surface area contributed by atoms with Gasteiger partial charge in [-0.15, -0.1) is 0 Å². The fraction of sp³-hybridized carbons (Fsp3) is 0.333. The molecule has 3 nitrogen and oxygen atoms in total. The van der Waals surface area contributed by atoms with E-state index in [2.05, 4.69) is 10.3 Å². The number of amides is 1. The quantitative estimate of drug-likeness (QED) is 0.521. The Morgan fingerprint density at radius 2 is 2.67 bits per heavy atom. The van der Waals surface area contributed by atoms with Gasteiger partial charge in [-0.3, -0.25) is 9.79 Å². The molecule has 0 bridgehead atoms. The minimum Gasteiger partial charge on any atom is -0.328 e. The topological polar surface area (TPSA) is 41.5 Å². The Balaban J connectivity index is 2.47. The van der Waals surface area contributed by atoms with Crippen molar-refractivity contribution in [3.05, 3.63) is 11.8 Å². The maximum atomic E-state index is 9.86. The molecule has 1 N–H and O–H groups in total. The molecule has 0 aromatic rings. The molecule has 0 saturated heterocycles. The van der Waals surface area contributed by atoms with E-state index >= 15 is 0 Å². The van der Waals surface area contributed by atoms with Crippen molar-refractivity contribution in [1.29, 1.82) is 0 Å². The number of hydrogen-bond donors (Lipinski definition) is 1. The Hall–Kier alpha value is -1.12. The van der Waals surface area contributed by atoms with E-state index in [-0.39, 0.29) is 0 Å². The average molecular weight is 124 g/mol. The Labute approximate surface area is 53.5 Å². The van der Waals surface area contributed by atoms with E-state index < -0.39 is 0 Å². The van der Waals surface area contributed by atoms with Gasteiger partial charge in [-0.2, -0.15) is 0 Å². The zero-order valence-electron chi connectivity index (χ0n) is 5.00. The standard InChI is InChI=1S/C6H8N2O/c9-5-8-6-2-1-3-7-4-6/h2,4-5H,1,3H2,(H,8,9). The van der Waals surface area contributed by atoms with Gasteiger partial charge in [0.2, 0.25) is 6.41 Å². The van der Waals surface area contributed by atoms with Crippen molar-refractivity contribution in [3.8, 4) is 0 Å². The molecule has 1 heterocycles. The molecular formula is C6H8N2O. The third-order valence-corrected chi connectivity index (χ3v) is 1.08. The molecule has 3 heteroatoms. The lowest BCUT2D eigenvalue weighted by Crippen LogP contribution is -2.13. The Bertz CT molecular complexity index is 160. The van der Waals surface area contributed by atoms with Gasteiger partial charge in [-0.1, -0.05) is 6.08 Å². The number of nitrogens with one attached hydrogen (secondary N) is 1. The van der Waals surface area contributed by atoms with Gasteiger partial charge in [0, 0.05) is 12.8 Å². The van der Waals surface area contributed by atoms with E-state index in [4.69, 9.17) is 0 Å². The van der Waals surface area contributed by atoms with Gasteiger partial charge in [0.05, 0.1) is 5.70 Å². The van der Waals surface area contributed by atoms with Crippen molar-refractivity contribution >= 4 is 12.6 Å². The molecular weight excluding hydrogens is 116 g/mol. The van der Waals surface area contributed by atoms with Crippen LogP contribution in [0, 0.1) is 0 Å². The van der Waals surface area contributed by atoms with E-state index in [1.807, 2.05) is 6.08 Å². The van der Waals surface area contributed by atoms with Gasteiger partial charge in [-0.25, -0.2) is 0 Å². The van der Waals surface area contributed by atoms with Gasteiger partial charge in [-0.05, 0) is 6.42 Å². The summed E-state index contributed by atoms with van der Waals surface area (Å²) < 4.78 is 0. The van der Waals surface area contributed by atoms with E-state index in [1.165, 1.54) is 0 Å². The summed E-state index contributed by atoms with van der Waals surface area (Å²) >= 11 is 0. The molecule has 0 atom stereocenters. The monoisotopic (exact) mass is 124 g/mol. The second kappa shape index (κ2) is 3.02. The van der Waals surface area contributed by atoms with Crippen molar-refractivity contribution in [2.75, 3.05) is 6.54 Å². The maximum Gasteiger partial charge on any atom is 0.211 e. The smallest absolute Gasteiger partial charge is 0.211 e. The van der Waals surface area contributed by atoms with E-state index in [1.54, 1.807) is 6.21 Å². The molecule has 0 saturated carbocycles. The zero-order chi connectivity index (χ0) is 6.53. The van der Waals surface area contributed by atoms with Crippen LogP contribution in [-0.2, 0) is 4.79 Å². The molecule has 9 heavy (non-hydrogen) atoms. The predicted octanol–water partition coefficient (Wildman–Crippen LogP) is 0.0908. The predicted molar refractivity (Wildman–Crippen MR) is 35.3 cm³/mol. The highest BCUT2D eigenvalue weighted by molar-refractivity contribution is 5.81. The highest BCUT2D eigenvalue weighted by atomic mass is 16.1. The molecule has 0 aromatic carbocycles. The summed E-state index contributed by atoms with van der Waals surface area (Å²) in [6.45, 7) is 0.837. The lowest BCUT2D eigenvalue weighted by atomic mass is 10.3. The van der Waals surface area contributed by atoms with Gasteiger partial charge in [0.25, 0.3) is 0 Å². The van der Waals surface area contributed by atoms with Crippen LogP contribution >= 0.6 is 0 Å². The number of allylic oxidation sites excluding steroid dienone is 1. The highest BCUT2D eigenvalue weighted by Crippen LogP contribution is 1.95. The van der Waals surface area contributed by atoms with E-state index in [9.17, 15) is 4.79 Å². The second-order valence-electron chi connectivity index (χ2n) is 1.75. The number of hydrogen-bond acceptors (Lipinski definition) is 2. The van der Waals surface area contributed by atoms with Gasteiger partial charge < -0.3 is 5.32 Å². The van der Waals surface area contributed by atoms with Crippen LogP contribution < -0.4 is 5.32 Å². The van der Waals surface area contributed by atoms with Crippen LogP contribution in [0.3, 0.4) is 0 Å². The number of carbonyl (C=O) groups is 1. The summed E-state index contributed by atoms with van der Waals surface area (Å²) in [5.74, 6) is 0. The van der Waals surface area contributed by atoms with Crippen LogP contribution in [0.15, 0.2) is 16.8 Å².